The molecule has 0 heterocycles. The first-order valence-electron chi connectivity index (χ1n) is 6.02. The second-order valence-electron chi connectivity index (χ2n) is 4.66. The molecule has 0 bridgehead atoms. The molecule has 8 heteroatoms. The number of halogens is 1. The Morgan fingerprint density at radius 2 is 1.90 bits per heavy atom. The van der Waals surface area contributed by atoms with Gasteiger partial charge in [0.2, 0.25) is 15.9 Å². The number of hydrogen-bond donors (Lipinski definition) is 3. The lowest BCUT2D eigenvalue weighted by atomic mass is 10.3. The average molecular weight is 320 g/mol. The fraction of sp³-hybridized carbons (Fsp3) is 0.417. The van der Waals surface area contributed by atoms with Crippen LogP contribution in [-0.4, -0.2) is 26.4 Å². The number of hydrogen-bond acceptors (Lipinski definition) is 4. The number of amides is 1. The molecule has 0 spiro atoms. The topological polar surface area (TPSA) is 101 Å². The van der Waals surface area contributed by atoms with Crippen molar-refractivity contribution in [3.63, 3.8) is 0 Å². The lowest BCUT2D eigenvalue weighted by Gasteiger charge is -2.17. The number of sulfonamides is 1. The highest BCUT2D eigenvalue weighted by atomic mass is 35.5. The summed E-state index contributed by atoms with van der Waals surface area (Å²) in [5.41, 5.74) is 5.67. The summed E-state index contributed by atoms with van der Waals surface area (Å²) >= 11 is 5.86. The lowest BCUT2D eigenvalue weighted by Crippen LogP contribution is -2.46. The first-order valence-corrected chi connectivity index (χ1v) is 7.88. The Morgan fingerprint density at radius 3 is 2.40 bits per heavy atom. The molecule has 6 nitrogen and oxygen atoms in total. The summed E-state index contributed by atoms with van der Waals surface area (Å²) in [6, 6.07) is 3.38. The van der Waals surface area contributed by atoms with Crippen LogP contribution in [0.25, 0.3) is 0 Å². The van der Waals surface area contributed by atoms with Crippen LogP contribution in [0.5, 0.6) is 0 Å². The molecule has 20 heavy (non-hydrogen) atoms. The smallest absolute Gasteiger partial charge is 0.244 e. The Bertz CT molecular complexity index is 582. The molecule has 0 aliphatic carbocycles. The van der Waals surface area contributed by atoms with Gasteiger partial charge < -0.3 is 11.1 Å². The fourth-order valence-electron chi connectivity index (χ4n) is 1.56. The van der Waals surface area contributed by atoms with Crippen molar-refractivity contribution in [3.05, 3.63) is 23.2 Å². The van der Waals surface area contributed by atoms with Gasteiger partial charge in [-0.3, -0.25) is 4.79 Å². The number of carbonyl (C=O) groups is 1. The normalized spacial score (nSPS) is 13.2. The Labute approximate surface area is 123 Å². The van der Waals surface area contributed by atoms with Crippen LogP contribution in [0.3, 0.4) is 0 Å². The van der Waals surface area contributed by atoms with Crippen LogP contribution in [0.15, 0.2) is 23.1 Å². The fourth-order valence-corrected chi connectivity index (χ4v) is 3.44. The number of anilines is 1. The van der Waals surface area contributed by atoms with Gasteiger partial charge in [-0.1, -0.05) is 17.7 Å². The first-order chi connectivity index (χ1) is 9.15. The van der Waals surface area contributed by atoms with Crippen LogP contribution in [-0.2, 0) is 14.8 Å². The highest BCUT2D eigenvalue weighted by Crippen LogP contribution is 2.26. The van der Waals surface area contributed by atoms with Crippen molar-refractivity contribution in [2.45, 2.75) is 37.8 Å². The maximum atomic E-state index is 12.2. The highest BCUT2D eigenvalue weighted by Gasteiger charge is 2.26. The zero-order chi connectivity index (χ0) is 15.5. The van der Waals surface area contributed by atoms with Gasteiger partial charge in [0, 0.05) is 6.04 Å². The van der Waals surface area contributed by atoms with Crippen molar-refractivity contribution >= 4 is 33.2 Å². The SMILES string of the molecule is CC(C)NC(=O)C(C)NS(=O)(=O)c1c(N)cccc1Cl. The summed E-state index contributed by atoms with van der Waals surface area (Å²) in [7, 11) is -3.97. The minimum Gasteiger partial charge on any atom is -0.398 e. The molecule has 0 saturated heterocycles. The van der Waals surface area contributed by atoms with E-state index in [0.29, 0.717) is 0 Å². The van der Waals surface area contributed by atoms with Crippen molar-refractivity contribution in [1.82, 2.24) is 10.0 Å². The van der Waals surface area contributed by atoms with E-state index in [1.54, 1.807) is 19.9 Å². The van der Waals surface area contributed by atoms with Crippen LogP contribution < -0.4 is 15.8 Å². The minimum absolute atomic E-state index is 0.00830. The van der Waals surface area contributed by atoms with E-state index in [0.717, 1.165) is 0 Å². The minimum atomic E-state index is -3.97. The number of carbonyl (C=O) groups excluding carboxylic acids is 1. The van der Waals surface area contributed by atoms with E-state index in [-0.39, 0.29) is 21.6 Å². The van der Waals surface area contributed by atoms with E-state index < -0.39 is 22.0 Å². The molecule has 1 aromatic rings. The molecular formula is C12H18ClN3O3S. The zero-order valence-corrected chi connectivity index (χ0v) is 13.0. The third-order valence-electron chi connectivity index (χ3n) is 2.42. The van der Waals surface area contributed by atoms with E-state index in [4.69, 9.17) is 17.3 Å². The van der Waals surface area contributed by atoms with Gasteiger partial charge >= 0.3 is 0 Å². The number of nitrogens with one attached hydrogen (secondary N) is 2. The standard InChI is InChI=1S/C12H18ClN3O3S/c1-7(2)15-12(17)8(3)16-20(18,19)11-9(13)5-4-6-10(11)14/h4-8,16H,14H2,1-3H3,(H,15,17). The summed E-state index contributed by atoms with van der Waals surface area (Å²) in [5.74, 6) is -0.422. The Balaban J connectivity index is 2.99. The summed E-state index contributed by atoms with van der Waals surface area (Å²) in [5, 5.41) is 2.62. The van der Waals surface area contributed by atoms with Gasteiger partial charge in [0.05, 0.1) is 16.8 Å². The van der Waals surface area contributed by atoms with E-state index >= 15 is 0 Å². The van der Waals surface area contributed by atoms with Crippen LogP contribution in [0, 0.1) is 0 Å². The van der Waals surface area contributed by atoms with Crippen molar-refractivity contribution in [2.24, 2.45) is 0 Å². The van der Waals surface area contributed by atoms with Gasteiger partial charge in [0.1, 0.15) is 4.90 Å². The molecule has 0 saturated carbocycles. The van der Waals surface area contributed by atoms with Crippen molar-refractivity contribution in [1.29, 1.82) is 0 Å². The van der Waals surface area contributed by atoms with Crippen LogP contribution >= 0.6 is 11.6 Å². The van der Waals surface area contributed by atoms with Crippen molar-refractivity contribution < 1.29 is 13.2 Å². The van der Waals surface area contributed by atoms with E-state index in [9.17, 15) is 13.2 Å². The summed E-state index contributed by atoms with van der Waals surface area (Å²) < 4.78 is 26.7. The molecule has 4 N–H and O–H groups in total. The quantitative estimate of drug-likeness (QED) is 0.708. The van der Waals surface area contributed by atoms with Crippen molar-refractivity contribution in [2.75, 3.05) is 5.73 Å². The van der Waals surface area contributed by atoms with E-state index in [1.807, 2.05) is 0 Å². The third-order valence-corrected chi connectivity index (χ3v) is 4.51. The van der Waals surface area contributed by atoms with Gasteiger partial charge in [-0.2, -0.15) is 4.72 Å². The lowest BCUT2D eigenvalue weighted by molar-refractivity contribution is -0.122. The van der Waals surface area contributed by atoms with Crippen LogP contribution in [0.1, 0.15) is 20.8 Å². The van der Waals surface area contributed by atoms with E-state index in [2.05, 4.69) is 10.0 Å². The van der Waals surface area contributed by atoms with Crippen molar-refractivity contribution in [3.8, 4) is 0 Å². The highest BCUT2D eigenvalue weighted by molar-refractivity contribution is 7.89. The first kappa shape index (κ1) is 16.7. The van der Waals surface area contributed by atoms with Crippen LogP contribution in [0.2, 0.25) is 5.02 Å². The molecule has 0 aliphatic rings. The molecule has 1 rings (SSSR count). The molecule has 0 aliphatic heterocycles. The molecule has 112 valence electrons. The van der Waals surface area contributed by atoms with Gasteiger partial charge in [0.15, 0.2) is 0 Å². The molecule has 1 aromatic carbocycles. The maximum Gasteiger partial charge on any atom is 0.244 e. The van der Waals surface area contributed by atoms with Gasteiger partial charge in [0.25, 0.3) is 0 Å². The Morgan fingerprint density at radius 1 is 1.30 bits per heavy atom. The van der Waals surface area contributed by atoms with Crippen LogP contribution in [0.4, 0.5) is 5.69 Å². The van der Waals surface area contributed by atoms with E-state index in [1.165, 1.54) is 19.1 Å². The predicted molar refractivity (Wildman–Crippen MR) is 78.9 cm³/mol. The summed E-state index contributed by atoms with van der Waals surface area (Å²) in [4.78, 5) is 11.5. The number of benzene rings is 1. The maximum absolute atomic E-state index is 12.2. The molecular weight excluding hydrogens is 302 g/mol. The van der Waals surface area contributed by atoms with Gasteiger partial charge in [-0.15, -0.1) is 0 Å². The predicted octanol–water partition coefficient (Wildman–Crippen LogP) is 1.11. The molecule has 1 unspecified atom stereocenters. The average Bonchev–Trinajstić information content (AvgIpc) is 2.26. The monoisotopic (exact) mass is 319 g/mol. The largest absolute Gasteiger partial charge is 0.398 e. The summed E-state index contributed by atoms with van der Waals surface area (Å²) in [6.07, 6.45) is 0. The molecule has 0 aromatic heterocycles. The number of nitrogen functional groups attached to an aromatic ring is 1. The molecule has 0 fully saturated rings. The zero-order valence-electron chi connectivity index (χ0n) is 11.5. The number of nitrogens with two attached hydrogens (primary N) is 1. The molecule has 1 amide bonds. The third kappa shape index (κ3) is 4.09. The molecule has 0 radical (unpaired) electrons. The second kappa shape index (κ2) is 6.43. The Hall–Kier alpha value is -1.31. The molecule has 1 atom stereocenters. The van der Waals surface area contributed by atoms with Gasteiger partial charge in [-0.25, -0.2) is 8.42 Å². The Kier molecular flexibility index (Phi) is 5.38. The summed E-state index contributed by atoms with van der Waals surface area (Å²) in [6.45, 7) is 5.01. The van der Waals surface area contributed by atoms with Gasteiger partial charge in [-0.05, 0) is 32.9 Å². The number of rotatable bonds is 5. The second-order valence-corrected chi connectivity index (χ2v) is 6.72.